The molecule has 0 aliphatic carbocycles. The van der Waals surface area contributed by atoms with Gasteiger partial charge in [0, 0.05) is 12.6 Å². The molecule has 3 saturated heterocycles. The van der Waals surface area contributed by atoms with Crippen molar-refractivity contribution >= 4 is 11.9 Å². The van der Waals surface area contributed by atoms with Crippen molar-refractivity contribution in [2.45, 2.75) is 50.5 Å². The van der Waals surface area contributed by atoms with Crippen molar-refractivity contribution in [1.82, 2.24) is 4.90 Å². The van der Waals surface area contributed by atoms with Crippen LogP contribution in [0.4, 0.5) is 0 Å². The summed E-state index contributed by atoms with van der Waals surface area (Å²) in [6.07, 6.45) is 3.31. The smallest absolute Gasteiger partial charge is 0.330 e. The first kappa shape index (κ1) is 12.7. The molecule has 0 N–H and O–H groups in total. The minimum Gasteiger partial charge on any atom is -0.454 e. The van der Waals surface area contributed by atoms with Crippen LogP contribution in [-0.4, -0.2) is 47.7 Å². The summed E-state index contributed by atoms with van der Waals surface area (Å²) < 4.78 is 11.2. The van der Waals surface area contributed by atoms with Gasteiger partial charge in [-0.15, -0.1) is 0 Å². The third kappa shape index (κ3) is 1.79. The van der Waals surface area contributed by atoms with Gasteiger partial charge in [0.2, 0.25) is 5.91 Å². The fourth-order valence-corrected chi connectivity index (χ4v) is 3.55. The van der Waals surface area contributed by atoms with Gasteiger partial charge >= 0.3 is 5.97 Å². The minimum absolute atomic E-state index is 0.0226. The van der Waals surface area contributed by atoms with Crippen molar-refractivity contribution < 1.29 is 19.1 Å². The summed E-state index contributed by atoms with van der Waals surface area (Å²) in [7, 11) is 0. The van der Waals surface area contributed by atoms with E-state index in [1.165, 1.54) is 0 Å². The molecule has 0 aromatic carbocycles. The second-order valence-electron chi connectivity index (χ2n) is 5.46. The molecule has 3 fully saturated rings. The molecular weight excluding hydrogens is 246 g/mol. The molecule has 19 heavy (non-hydrogen) atoms. The molecule has 0 saturated carbocycles. The molecule has 0 radical (unpaired) electrons. The lowest BCUT2D eigenvalue weighted by molar-refractivity contribution is -0.148. The Bertz CT molecular complexity index is 422. The molecule has 3 aliphatic rings. The highest BCUT2D eigenvalue weighted by molar-refractivity contribution is 5.85. The number of likely N-dealkylation sites (tertiary alicyclic amines) is 1. The van der Waals surface area contributed by atoms with Crippen LogP contribution in [0.3, 0.4) is 0 Å². The number of hydrogen-bond donors (Lipinski definition) is 0. The zero-order valence-electron chi connectivity index (χ0n) is 11.1. The zero-order valence-corrected chi connectivity index (χ0v) is 11.1. The summed E-state index contributed by atoms with van der Waals surface area (Å²) >= 11 is 0. The van der Waals surface area contributed by atoms with E-state index in [-0.39, 0.29) is 36.2 Å². The predicted octanol–water partition coefficient (Wildman–Crippen LogP) is 0.882. The van der Waals surface area contributed by atoms with E-state index in [1.54, 1.807) is 0 Å². The number of ether oxygens (including phenoxy) is 2. The summed E-state index contributed by atoms with van der Waals surface area (Å²) in [5.41, 5.74) is 0. The average Bonchev–Trinajstić information content (AvgIpc) is 3.01. The van der Waals surface area contributed by atoms with Crippen LogP contribution in [-0.2, 0) is 19.1 Å². The Labute approximate surface area is 112 Å². The normalized spacial score (nSPS) is 38.9. The number of carbonyl (C=O) groups excluding carboxylic acids is 2. The molecular formula is C14H19NO4. The Morgan fingerprint density at radius 1 is 1.63 bits per heavy atom. The van der Waals surface area contributed by atoms with Gasteiger partial charge in [0.15, 0.2) is 6.10 Å². The fraction of sp³-hybridized carbons (Fsp3) is 0.714. The maximum absolute atomic E-state index is 12.3. The van der Waals surface area contributed by atoms with Crippen LogP contribution in [0.2, 0.25) is 0 Å². The first-order valence-electron chi connectivity index (χ1n) is 6.96. The highest BCUT2D eigenvalue weighted by Gasteiger charge is 2.65. The monoisotopic (exact) mass is 265 g/mol. The van der Waals surface area contributed by atoms with Crippen molar-refractivity contribution in [1.29, 1.82) is 0 Å². The lowest BCUT2D eigenvalue weighted by atomic mass is 9.88. The Morgan fingerprint density at radius 2 is 2.42 bits per heavy atom. The fourth-order valence-electron chi connectivity index (χ4n) is 3.55. The van der Waals surface area contributed by atoms with Crippen LogP contribution >= 0.6 is 0 Å². The Balaban J connectivity index is 1.79. The average molecular weight is 265 g/mol. The number of rotatable bonds is 5. The minimum atomic E-state index is -0.438. The van der Waals surface area contributed by atoms with Crippen molar-refractivity contribution in [3.8, 4) is 0 Å². The van der Waals surface area contributed by atoms with E-state index in [1.807, 2.05) is 4.90 Å². The van der Waals surface area contributed by atoms with E-state index in [4.69, 9.17) is 9.47 Å². The molecule has 5 heteroatoms. The molecule has 0 aromatic rings. The Hall–Kier alpha value is -1.36. The van der Waals surface area contributed by atoms with Crippen LogP contribution in [0.25, 0.3) is 0 Å². The number of nitrogens with zero attached hydrogens (tertiary/aromatic N) is 1. The highest BCUT2D eigenvalue weighted by atomic mass is 16.6. The van der Waals surface area contributed by atoms with Crippen LogP contribution in [0.5, 0.6) is 0 Å². The number of hydrogen-bond acceptors (Lipinski definition) is 4. The maximum Gasteiger partial charge on any atom is 0.330 e. The number of esters is 1. The number of unbranched alkanes of at least 4 members (excludes halogenated alkanes) is 1. The van der Waals surface area contributed by atoms with Gasteiger partial charge in [-0.1, -0.05) is 19.9 Å². The molecule has 0 spiro atoms. The van der Waals surface area contributed by atoms with Crippen LogP contribution in [0.1, 0.15) is 26.2 Å². The van der Waals surface area contributed by atoms with Gasteiger partial charge in [-0.2, -0.15) is 0 Å². The second kappa shape index (κ2) is 4.63. The number of amides is 1. The van der Waals surface area contributed by atoms with Gasteiger partial charge in [0.1, 0.15) is 0 Å². The van der Waals surface area contributed by atoms with Crippen molar-refractivity contribution in [3.63, 3.8) is 0 Å². The molecule has 3 rings (SSSR count). The molecule has 3 aliphatic heterocycles. The molecule has 1 amide bonds. The largest absolute Gasteiger partial charge is 0.454 e. The van der Waals surface area contributed by atoms with Crippen molar-refractivity contribution in [2.75, 3.05) is 6.54 Å². The quantitative estimate of drug-likeness (QED) is 0.547. The van der Waals surface area contributed by atoms with E-state index in [0.29, 0.717) is 6.42 Å². The number of fused-ring (bicyclic) bond motifs is 1. The van der Waals surface area contributed by atoms with E-state index >= 15 is 0 Å². The van der Waals surface area contributed by atoms with Crippen LogP contribution < -0.4 is 0 Å². The van der Waals surface area contributed by atoms with Crippen LogP contribution in [0.15, 0.2) is 12.7 Å². The predicted molar refractivity (Wildman–Crippen MR) is 67.3 cm³/mol. The van der Waals surface area contributed by atoms with E-state index < -0.39 is 5.97 Å². The maximum atomic E-state index is 12.3. The van der Waals surface area contributed by atoms with Gasteiger partial charge < -0.3 is 14.4 Å². The van der Waals surface area contributed by atoms with Crippen molar-refractivity contribution in [2.24, 2.45) is 5.92 Å². The third-order valence-electron chi connectivity index (χ3n) is 4.39. The standard InChI is InChI=1S/C14H19NO4/c1-3-5-6-15-11-12-8(14(15)17)7-9(18-12)13(11)19-10(16)4-2/h4,8-9,11-13H,2-3,5-7H2,1H3. The van der Waals surface area contributed by atoms with Gasteiger partial charge in [0.25, 0.3) is 0 Å². The SMILES string of the molecule is C=CC(=O)OC1C2CC3C(=O)N(CCCC)C1C3O2. The van der Waals surface area contributed by atoms with Gasteiger partial charge in [-0.25, -0.2) is 4.79 Å². The zero-order chi connectivity index (χ0) is 13.6. The summed E-state index contributed by atoms with van der Waals surface area (Å²) in [4.78, 5) is 25.6. The molecule has 0 aromatic heterocycles. The summed E-state index contributed by atoms with van der Waals surface area (Å²) in [5.74, 6) is -0.291. The molecule has 104 valence electrons. The van der Waals surface area contributed by atoms with Crippen LogP contribution in [0, 0.1) is 5.92 Å². The van der Waals surface area contributed by atoms with E-state index in [0.717, 1.165) is 25.5 Å². The van der Waals surface area contributed by atoms with Gasteiger partial charge in [-0.3, -0.25) is 4.79 Å². The molecule has 5 nitrogen and oxygen atoms in total. The van der Waals surface area contributed by atoms with Gasteiger partial charge in [0.05, 0.1) is 24.2 Å². The lowest BCUT2D eigenvalue weighted by Gasteiger charge is -2.29. The summed E-state index contributed by atoms with van der Waals surface area (Å²) in [5, 5.41) is 0. The highest BCUT2D eigenvalue weighted by Crippen LogP contribution is 2.48. The second-order valence-corrected chi connectivity index (χ2v) is 5.46. The Morgan fingerprint density at radius 3 is 3.11 bits per heavy atom. The summed E-state index contributed by atoms with van der Waals surface area (Å²) in [6.45, 7) is 6.24. The first-order chi connectivity index (χ1) is 9.17. The van der Waals surface area contributed by atoms with E-state index in [2.05, 4.69) is 13.5 Å². The molecule has 3 heterocycles. The topological polar surface area (TPSA) is 55.8 Å². The van der Waals surface area contributed by atoms with Crippen molar-refractivity contribution in [3.05, 3.63) is 12.7 Å². The molecule has 5 unspecified atom stereocenters. The third-order valence-corrected chi connectivity index (χ3v) is 4.39. The Kier molecular flexibility index (Phi) is 3.09. The summed E-state index contributed by atoms with van der Waals surface area (Å²) in [6, 6.07) is -0.0910. The lowest BCUT2D eigenvalue weighted by Crippen LogP contribution is -2.46. The van der Waals surface area contributed by atoms with Gasteiger partial charge in [-0.05, 0) is 12.8 Å². The molecule has 5 atom stereocenters. The first-order valence-corrected chi connectivity index (χ1v) is 6.96. The van der Waals surface area contributed by atoms with E-state index in [9.17, 15) is 9.59 Å². The molecule has 2 bridgehead atoms. The number of carbonyl (C=O) groups is 2.